The first kappa shape index (κ1) is 23.9. The average Bonchev–Trinajstić information content (AvgIpc) is 3.49. The molecule has 182 valence electrons. The minimum absolute atomic E-state index is 0.0868. The number of anilines is 2. The molecule has 1 aliphatic heterocycles. The third-order valence-electron chi connectivity index (χ3n) is 5.39. The average molecular weight is 519 g/mol. The van der Waals surface area contributed by atoms with Gasteiger partial charge in [0.05, 0.1) is 10.6 Å². The number of nitrogens with zero attached hydrogens (tertiary/aromatic N) is 3. The highest BCUT2D eigenvalue weighted by molar-refractivity contribution is 7.92. The van der Waals surface area contributed by atoms with Crippen LogP contribution in [0.15, 0.2) is 47.5 Å². The molecule has 2 aromatic rings. The van der Waals surface area contributed by atoms with Gasteiger partial charge in [-0.05, 0) is 54.8 Å². The number of sulfone groups is 1. The lowest BCUT2D eigenvalue weighted by molar-refractivity contribution is -0.120. The second-order valence-corrected chi connectivity index (χ2v) is 10.9. The van der Waals surface area contributed by atoms with E-state index in [1.54, 1.807) is 0 Å². The Bertz CT molecular complexity index is 1390. The second-order valence-electron chi connectivity index (χ2n) is 7.68. The molecule has 0 bridgehead atoms. The molecule has 11 nitrogen and oxygen atoms in total. The van der Waals surface area contributed by atoms with Crippen LogP contribution >= 0.6 is 0 Å². The summed E-state index contributed by atoms with van der Waals surface area (Å²) in [6.45, 7) is -0.0938. The van der Waals surface area contributed by atoms with Gasteiger partial charge in [0.1, 0.15) is 11.4 Å². The summed E-state index contributed by atoms with van der Waals surface area (Å²) in [5.41, 5.74) is -6.30. The van der Waals surface area contributed by atoms with Crippen molar-refractivity contribution in [2.45, 2.75) is 35.3 Å². The number of nitrogens with two attached hydrogens (primary N) is 1. The molecule has 2 aliphatic rings. The Morgan fingerprint density at radius 2 is 1.68 bits per heavy atom. The van der Waals surface area contributed by atoms with Crippen LogP contribution in [0.2, 0.25) is 0 Å². The Balaban J connectivity index is 1.61. The summed E-state index contributed by atoms with van der Waals surface area (Å²) in [5.74, 6) is -0.693. The molecule has 4 rings (SSSR count). The quantitative estimate of drug-likeness (QED) is 0.547. The number of hydrogen-bond donors (Lipinski definition) is 2. The van der Waals surface area contributed by atoms with E-state index in [2.05, 4.69) is 4.98 Å². The first-order valence-corrected chi connectivity index (χ1v) is 12.5. The summed E-state index contributed by atoms with van der Waals surface area (Å²) in [4.78, 5) is 31.0. The van der Waals surface area contributed by atoms with Crippen LogP contribution in [-0.2, 0) is 31.4 Å². The van der Waals surface area contributed by atoms with E-state index < -0.39 is 47.9 Å². The van der Waals surface area contributed by atoms with Gasteiger partial charge in [0.25, 0.3) is 26.0 Å². The number of halogens is 3. The zero-order chi connectivity index (χ0) is 25.1. The molecular formula is C18H16F3N5O6S2. The predicted octanol–water partition coefficient (Wildman–Crippen LogP) is 1.49. The summed E-state index contributed by atoms with van der Waals surface area (Å²) in [5, 5.41) is 4.92. The lowest BCUT2D eigenvalue weighted by Crippen LogP contribution is -2.36. The number of nitrogens with one attached hydrogen (secondary N) is 1. The highest BCUT2D eigenvalue weighted by Crippen LogP contribution is 2.49. The van der Waals surface area contributed by atoms with Crippen molar-refractivity contribution in [2.75, 3.05) is 9.62 Å². The Labute approximate surface area is 191 Å². The van der Waals surface area contributed by atoms with Crippen molar-refractivity contribution in [1.82, 2.24) is 9.88 Å². The Morgan fingerprint density at radius 1 is 1.06 bits per heavy atom. The molecule has 3 amide bonds. The molecule has 0 radical (unpaired) electrons. The van der Waals surface area contributed by atoms with Crippen molar-refractivity contribution in [3.05, 3.63) is 48.2 Å². The van der Waals surface area contributed by atoms with E-state index in [1.165, 1.54) is 23.2 Å². The van der Waals surface area contributed by atoms with Crippen LogP contribution < -0.4 is 14.8 Å². The first-order valence-electron chi connectivity index (χ1n) is 9.49. The number of imide groups is 1. The summed E-state index contributed by atoms with van der Waals surface area (Å²) >= 11 is 0. The molecule has 16 heteroatoms. The van der Waals surface area contributed by atoms with E-state index in [0.29, 0.717) is 30.5 Å². The highest BCUT2D eigenvalue weighted by Gasteiger charge is 2.65. The summed E-state index contributed by atoms with van der Waals surface area (Å²) < 4.78 is 85.9. The fraction of sp³-hybridized carbons (Fsp3) is 0.278. The van der Waals surface area contributed by atoms with Crippen molar-refractivity contribution >= 4 is 43.5 Å². The summed E-state index contributed by atoms with van der Waals surface area (Å²) in [7, 11) is -9.67. The molecule has 1 aliphatic carbocycles. The first-order chi connectivity index (χ1) is 15.7. The van der Waals surface area contributed by atoms with Crippen molar-refractivity contribution in [2.24, 2.45) is 5.14 Å². The number of carbonyl (C=O) groups excluding carboxylic acids is 2. The fourth-order valence-electron chi connectivity index (χ4n) is 3.63. The minimum atomic E-state index is -5.59. The Morgan fingerprint density at radius 3 is 2.21 bits per heavy atom. The van der Waals surface area contributed by atoms with Crippen LogP contribution in [0.1, 0.15) is 18.4 Å². The van der Waals surface area contributed by atoms with Crippen LogP contribution in [-0.4, -0.2) is 49.7 Å². The third kappa shape index (κ3) is 4.07. The van der Waals surface area contributed by atoms with Crippen LogP contribution in [0.3, 0.4) is 0 Å². The third-order valence-corrected chi connectivity index (χ3v) is 7.38. The van der Waals surface area contributed by atoms with Crippen LogP contribution in [0.5, 0.6) is 0 Å². The lowest BCUT2D eigenvalue weighted by atomic mass is 10.2. The maximum absolute atomic E-state index is 13.1. The smallest absolute Gasteiger partial charge is 0.305 e. The Kier molecular flexibility index (Phi) is 5.37. The van der Waals surface area contributed by atoms with Crippen molar-refractivity contribution in [3.63, 3.8) is 0 Å². The SMILES string of the molecule is NS(=O)(=O)Nc1cc(CN2C(=O)N(c3ccc(S(=O)(=O)C(F)(F)F)cc3)C(=O)C23CC3)ccn1. The van der Waals surface area contributed by atoms with E-state index >= 15 is 0 Å². The summed E-state index contributed by atoms with van der Waals surface area (Å²) in [6, 6.07) is 5.33. The number of benzene rings is 1. The van der Waals surface area contributed by atoms with Gasteiger partial charge in [-0.1, -0.05) is 0 Å². The monoisotopic (exact) mass is 519 g/mol. The van der Waals surface area contributed by atoms with Crippen molar-refractivity contribution in [1.29, 1.82) is 0 Å². The molecule has 1 aromatic carbocycles. The van der Waals surface area contributed by atoms with E-state index in [0.717, 1.165) is 17.0 Å². The lowest BCUT2D eigenvalue weighted by Gasteiger charge is -2.21. The number of aromatic nitrogens is 1. The maximum atomic E-state index is 13.1. The van der Waals surface area contributed by atoms with E-state index in [4.69, 9.17) is 5.14 Å². The molecule has 1 saturated carbocycles. The van der Waals surface area contributed by atoms with Crippen LogP contribution in [0.4, 0.5) is 29.5 Å². The van der Waals surface area contributed by atoms with Gasteiger partial charge < -0.3 is 4.90 Å². The van der Waals surface area contributed by atoms with Gasteiger partial charge in [-0.3, -0.25) is 9.52 Å². The minimum Gasteiger partial charge on any atom is -0.305 e. The van der Waals surface area contributed by atoms with Crippen LogP contribution in [0, 0.1) is 0 Å². The molecule has 2 heterocycles. The van der Waals surface area contributed by atoms with Gasteiger partial charge in [-0.2, -0.15) is 21.6 Å². The number of carbonyl (C=O) groups is 2. The molecule has 3 N–H and O–H groups in total. The zero-order valence-electron chi connectivity index (χ0n) is 17.0. The normalized spacial score (nSPS) is 18.0. The van der Waals surface area contributed by atoms with E-state index in [-0.39, 0.29) is 18.1 Å². The van der Waals surface area contributed by atoms with Gasteiger partial charge in [-0.25, -0.2) is 28.2 Å². The van der Waals surface area contributed by atoms with Crippen LogP contribution in [0.25, 0.3) is 0 Å². The molecule has 0 unspecified atom stereocenters. The topological polar surface area (TPSA) is 160 Å². The van der Waals surface area contributed by atoms with Crippen molar-refractivity contribution in [3.8, 4) is 0 Å². The molecule has 2 fully saturated rings. The van der Waals surface area contributed by atoms with E-state index in [1.807, 2.05) is 4.72 Å². The fourth-order valence-corrected chi connectivity index (χ4v) is 4.79. The molecular weight excluding hydrogens is 503 g/mol. The molecule has 34 heavy (non-hydrogen) atoms. The van der Waals surface area contributed by atoms with Crippen molar-refractivity contribution < 1.29 is 39.6 Å². The maximum Gasteiger partial charge on any atom is 0.501 e. The molecule has 0 atom stereocenters. The highest BCUT2D eigenvalue weighted by atomic mass is 32.2. The number of hydrogen-bond acceptors (Lipinski definition) is 7. The number of rotatable bonds is 6. The van der Waals surface area contributed by atoms with Gasteiger partial charge in [0, 0.05) is 12.7 Å². The van der Waals surface area contributed by atoms with E-state index in [9.17, 15) is 39.6 Å². The predicted molar refractivity (Wildman–Crippen MR) is 111 cm³/mol. The molecule has 1 spiro atoms. The van der Waals surface area contributed by atoms with Gasteiger partial charge in [-0.15, -0.1) is 0 Å². The molecule has 1 saturated heterocycles. The largest absolute Gasteiger partial charge is 0.501 e. The second kappa shape index (κ2) is 7.64. The standard InChI is InChI=1S/C18H16F3N5O6S2/c19-18(20,21)33(29,30)13-3-1-12(2-4-13)26-15(27)17(6-7-17)25(16(26)28)10-11-5-8-23-14(9-11)24-34(22,31)32/h1-5,8-9H,6-7,10H2,(H,23,24)(H2,22,31,32). The molecule has 1 aromatic heterocycles. The summed E-state index contributed by atoms with van der Waals surface area (Å²) in [6.07, 6.45) is 1.98. The Hall–Kier alpha value is -3.24. The van der Waals surface area contributed by atoms with Gasteiger partial charge in [0.15, 0.2) is 0 Å². The number of amides is 3. The van der Waals surface area contributed by atoms with Gasteiger partial charge >= 0.3 is 11.5 Å². The number of urea groups is 1. The number of pyridine rings is 1. The number of alkyl halides is 3. The van der Waals surface area contributed by atoms with Gasteiger partial charge in [0.2, 0.25) is 0 Å². The zero-order valence-corrected chi connectivity index (χ0v) is 18.6.